The van der Waals surface area contributed by atoms with Crippen LogP contribution in [0.4, 0.5) is 10.5 Å². The Balaban J connectivity index is 2.11. The number of hydrogen-bond donors (Lipinski definition) is 2. The molecule has 0 bridgehead atoms. The minimum atomic E-state index is -0.960. The van der Waals surface area contributed by atoms with Gasteiger partial charge in [-0.3, -0.25) is 14.4 Å². The normalized spacial score (nSPS) is 16.0. The Morgan fingerprint density at radius 2 is 2.44 bits per heavy atom. The molecule has 0 atom stereocenters. The number of nitrogens with one attached hydrogen (secondary N) is 1. The van der Waals surface area contributed by atoms with E-state index in [-0.39, 0.29) is 12.6 Å². The zero-order chi connectivity index (χ0) is 11.5. The molecule has 1 aliphatic heterocycles. The summed E-state index contributed by atoms with van der Waals surface area (Å²) in [5.41, 5.74) is 0.624. The van der Waals surface area contributed by atoms with Crippen molar-refractivity contribution in [3.8, 4) is 0 Å². The highest BCUT2D eigenvalue weighted by Gasteiger charge is 2.20. The fourth-order valence-electron chi connectivity index (χ4n) is 1.59. The lowest BCUT2D eigenvalue weighted by atomic mass is 10.3. The van der Waals surface area contributed by atoms with Crippen LogP contribution in [0.5, 0.6) is 0 Å². The summed E-state index contributed by atoms with van der Waals surface area (Å²) in [6, 6.07) is -0.166. The van der Waals surface area contributed by atoms with Crippen LogP contribution in [0, 0.1) is 0 Å². The van der Waals surface area contributed by atoms with Crippen LogP contribution in [0.3, 0.4) is 0 Å². The van der Waals surface area contributed by atoms with Gasteiger partial charge in [0.25, 0.3) is 0 Å². The third-order valence-corrected chi connectivity index (χ3v) is 2.31. The number of carboxylic acid groups (broad SMARTS) is 1. The van der Waals surface area contributed by atoms with Crippen LogP contribution in [0.25, 0.3) is 0 Å². The predicted molar refractivity (Wildman–Crippen MR) is 55.2 cm³/mol. The van der Waals surface area contributed by atoms with Gasteiger partial charge in [-0.15, -0.1) is 0 Å². The Labute approximate surface area is 91.6 Å². The zero-order valence-corrected chi connectivity index (χ0v) is 8.59. The van der Waals surface area contributed by atoms with Gasteiger partial charge in [-0.1, -0.05) is 0 Å². The van der Waals surface area contributed by atoms with E-state index in [1.165, 1.54) is 10.9 Å². The van der Waals surface area contributed by atoms with Crippen LogP contribution in [-0.4, -0.2) is 40.0 Å². The molecule has 86 valence electrons. The molecule has 0 aliphatic carbocycles. The van der Waals surface area contributed by atoms with Gasteiger partial charge >= 0.3 is 12.0 Å². The molecule has 2 rings (SSSR count). The minimum Gasteiger partial charge on any atom is -0.480 e. The summed E-state index contributed by atoms with van der Waals surface area (Å²) in [6.45, 7) is 1.11. The van der Waals surface area contributed by atoms with Gasteiger partial charge in [-0.05, 0) is 6.42 Å². The molecule has 2 heterocycles. The van der Waals surface area contributed by atoms with Gasteiger partial charge in [-0.2, -0.15) is 5.10 Å². The number of nitrogens with zero attached hydrogens (tertiary/aromatic N) is 3. The minimum absolute atomic E-state index is 0.166. The predicted octanol–water partition coefficient (Wildman–Crippen LogP) is -0.113. The summed E-state index contributed by atoms with van der Waals surface area (Å²) in [4.78, 5) is 23.5. The molecule has 7 nitrogen and oxygen atoms in total. The average Bonchev–Trinajstić information content (AvgIpc) is 2.66. The molecule has 0 aromatic carbocycles. The highest BCUT2D eigenvalue weighted by atomic mass is 16.4. The maximum absolute atomic E-state index is 11.5. The highest BCUT2D eigenvalue weighted by molar-refractivity contribution is 5.92. The summed E-state index contributed by atoms with van der Waals surface area (Å²) in [7, 11) is 0. The lowest BCUT2D eigenvalue weighted by Crippen LogP contribution is -2.46. The zero-order valence-electron chi connectivity index (χ0n) is 8.59. The molecule has 1 aromatic heterocycles. The van der Waals surface area contributed by atoms with Crippen molar-refractivity contribution in [2.45, 2.75) is 13.0 Å². The van der Waals surface area contributed by atoms with E-state index in [4.69, 9.17) is 5.11 Å². The van der Waals surface area contributed by atoms with Crippen molar-refractivity contribution in [3.63, 3.8) is 0 Å². The number of hydrogen-bond acceptors (Lipinski definition) is 3. The van der Waals surface area contributed by atoms with Crippen molar-refractivity contribution >= 4 is 17.7 Å². The number of aliphatic carboxylic acids is 1. The van der Waals surface area contributed by atoms with E-state index in [0.717, 1.165) is 6.42 Å². The lowest BCUT2D eigenvalue weighted by molar-refractivity contribution is -0.137. The number of carbonyl (C=O) groups is 2. The quantitative estimate of drug-likeness (QED) is 0.749. The first-order valence-electron chi connectivity index (χ1n) is 4.96. The largest absolute Gasteiger partial charge is 0.480 e. The van der Waals surface area contributed by atoms with Gasteiger partial charge < -0.3 is 10.4 Å². The van der Waals surface area contributed by atoms with Crippen LogP contribution in [0.15, 0.2) is 12.4 Å². The Bertz CT molecular complexity index is 415. The summed E-state index contributed by atoms with van der Waals surface area (Å²) < 4.78 is 1.29. The third-order valence-electron chi connectivity index (χ3n) is 2.31. The van der Waals surface area contributed by atoms with Crippen LogP contribution >= 0.6 is 0 Å². The molecule has 1 aliphatic rings. The first-order valence-corrected chi connectivity index (χ1v) is 4.96. The molecule has 7 heteroatoms. The molecule has 0 spiro atoms. The molecule has 1 fully saturated rings. The number of amides is 2. The van der Waals surface area contributed by atoms with Gasteiger partial charge in [0.15, 0.2) is 0 Å². The average molecular weight is 224 g/mol. The van der Waals surface area contributed by atoms with Gasteiger partial charge in [0.2, 0.25) is 0 Å². The molecule has 1 saturated heterocycles. The maximum atomic E-state index is 11.5. The summed E-state index contributed by atoms with van der Waals surface area (Å²) in [6.07, 6.45) is 3.92. The summed E-state index contributed by atoms with van der Waals surface area (Å²) >= 11 is 0. The molecular formula is C9H12N4O3. The fourth-order valence-corrected chi connectivity index (χ4v) is 1.59. The van der Waals surface area contributed by atoms with Crippen molar-refractivity contribution < 1.29 is 14.7 Å². The van der Waals surface area contributed by atoms with E-state index in [2.05, 4.69) is 10.4 Å². The third kappa shape index (κ3) is 2.13. The molecule has 0 radical (unpaired) electrons. The number of rotatable bonds is 3. The Morgan fingerprint density at radius 1 is 1.62 bits per heavy atom. The molecule has 0 unspecified atom stereocenters. The van der Waals surface area contributed by atoms with E-state index in [1.54, 1.807) is 11.1 Å². The lowest BCUT2D eigenvalue weighted by Gasteiger charge is -2.25. The van der Waals surface area contributed by atoms with Crippen molar-refractivity contribution in [1.29, 1.82) is 0 Å². The van der Waals surface area contributed by atoms with Crippen LogP contribution in [-0.2, 0) is 11.3 Å². The van der Waals surface area contributed by atoms with Crippen LogP contribution in [0.1, 0.15) is 6.42 Å². The van der Waals surface area contributed by atoms with Gasteiger partial charge in [-0.25, -0.2) is 4.79 Å². The van der Waals surface area contributed by atoms with E-state index >= 15 is 0 Å². The SMILES string of the molecule is O=C(O)Cn1cc(N2CCCNC2=O)cn1. The van der Waals surface area contributed by atoms with E-state index < -0.39 is 5.97 Å². The van der Waals surface area contributed by atoms with E-state index in [0.29, 0.717) is 18.8 Å². The summed E-state index contributed by atoms with van der Waals surface area (Å²) in [5.74, 6) is -0.960. The second-order valence-corrected chi connectivity index (χ2v) is 3.53. The van der Waals surface area contributed by atoms with Crippen molar-refractivity contribution in [2.24, 2.45) is 0 Å². The smallest absolute Gasteiger partial charge is 0.325 e. The molecule has 0 saturated carbocycles. The van der Waals surface area contributed by atoms with E-state index in [1.807, 2.05) is 0 Å². The van der Waals surface area contributed by atoms with Gasteiger partial charge in [0, 0.05) is 19.3 Å². The van der Waals surface area contributed by atoms with Crippen LogP contribution < -0.4 is 10.2 Å². The van der Waals surface area contributed by atoms with E-state index in [9.17, 15) is 9.59 Å². The van der Waals surface area contributed by atoms with Crippen molar-refractivity contribution in [2.75, 3.05) is 18.0 Å². The molecule has 2 N–H and O–H groups in total. The summed E-state index contributed by atoms with van der Waals surface area (Å²) in [5, 5.41) is 15.2. The Morgan fingerprint density at radius 3 is 3.12 bits per heavy atom. The van der Waals surface area contributed by atoms with Crippen LogP contribution in [0.2, 0.25) is 0 Å². The topological polar surface area (TPSA) is 87.5 Å². The van der Waals surface area contributed by atoms with Crippen molar-refractivity contribution in [3.05, 3.63) is 12.4 Å². The number of urea groups is 1. The molecular weight excluding hydrogens is 212 g/mol. The number of aromatic nitrogens is 2. The molecule has 2 amide bonds. The second kappa shape index (κ2) is 4.21. The fraction of sp³-hybridized carbons (Fsp3) is 0.444. The number of carboxylic acids is 1. The number of carbonyl (C=O) groups excluding carboxylic acids is 1. The first-order chi connectivity index (χ1) is 7.66. The molecule has 16 heavy (non-hydrogen) atoms. The Kier molecular flexibility index (Phi) is 2.76. The highest BCUT2D eigenvalue weighted by Crippen LogP contribution is 2.15. The first kappa shape index (κ1) is 10.5. The van der Waals surface area contributed by atoms with Gasteiger partial charge in [0.05, 0.1) is 11.9 Å². The Hall–Kier alpha value is -2.05. The second-order valence-electron chi connectivity index (χ2n) is 3.53. The standard InChI is InChI=1S/C9H12N4O3/c14-8(15)6-12-5-7(4-11-12)13-3-1-2-10-9(13)16/h4-5H,1-3,6H2,(H,10,16)(H,14,15). The van der Waals surface area contributed by atoms with Gasteiger partial charge in [0.1, 0.15) is 6.54 Å². The monoisotopic (exact) mass is 224 g/mol. The van der Waals surface area contributed by atoms with Crippen molar-refractivity contribution in [1.82, 2.24) is 15.1 Å². The molecule has 1 aromatic rings. The number of anilines is 1. The maximum Gasteiger partial charge on any atom is 0.325 e.